The number of amides is 3. The highest BCUT2D eigenvalue weighted by atomic mass is 35.5. The Hall–Kier alpha value is -4.76. The van der Waals surface area contributed by atoms with Crippen molar-refractivity contribution in [2.24, 2.45) is 4.99 Å². The fourth-order valence-corrected chi connectivity index (χ4v) is 4.54. The number of piperidine rings is 1. The van der Waals surface area contributed by atoms with Gasteiger partial charge in [-0.1, -0.05) is 30.3 Å². The van der Waals surface area contributed by atoms with Crippen LogP contribution in [-0.2, 0) is 14.4 Å². The molecule has 2 aromatic rings. The average Bonchev–Trinajstić information content (AvgIpc) is 3.43. The summed E-state index contributed by atoms with van der Waals surface area (Å²) >= 11 is 6.42. The molecule has 0 aliphatic carbocycles. The number of nitrogen functional groups attached to an aromatic ring is 1. The van der Waals surface area contributed by atoms with Crippen LogP contribution in [0.15, 0.2) is 59.9 Å². The van der Waals surface area contributed by atoms with Gasteiger partial charge < -0.3 is 36.6 Å². The third kappa shape index (κ3) is 7.00. The molecule has 1 fully saturated rings. The highest BCUT2D eigenvalue weighted by Crippen LogP contribution is 2.29. The number of carbonyl (C=O) groups excluding carboxylic acids is 3. The number of hydrogen-bond acceptors (Lipinski definition) is 9. The topological polar surface area (TPSA) is 174 Å². The zero-order valence-corrected chi connectivity index (χ0v) is 22.3. The lowest BCUT2D eigenvalue weighted by Crippen LogP contribution is -2.49. The van der Waals surface area contributed by atoms with Crippen molar-refractivity contribution in [1.82, 2.24) is 15.5 Å². The van der Waals surface area contributed by atoms with E-state index in [0.29, 0.717) is 48.7 Å². The van der Waals surface area contributed by atoms with E-state index < -0.39 is 23.9 Å². The Kier molecular flexibility index (Phi) is 9.08. The number of benzene rings is 2. The number of ether oxygens (including phenoxy) is 1. The molecular formula is C27H29ClN8O4. The van der Waals surface area contributed by atoms with Gasteiger partial charge in [0.2, 0.25) is 11.8 Å². The Labute approximate surface area is 236 Å². The summed E-state index contributed by atoms with van der Waals surface area (Å²) in [4.78, 5) is 43.5. The maximum atomic E-state index is 13.0. The van der Waals surface area contributed by atoms with Crippen LogP contribution in [0, 0.1) is 11.3 Å². The number of nitriles is 1. The molecule has 40 heavy (non-hydrogen) atoms. The standard InChI is InChI=1S/C27H29ClN8O4/c1-16(33-22-5-3-2-4-20(22)30)34-26(38)24-25(32-15-31-24)27(39)35-21-7-6-18(14-19(21)28)40-17-9-12-36(13-10-17)23(37)8-11-29/h2-7,14-15,17,24-25,33H,1,8-10,12-13,30H2,(H,31,32)(H,34,38)(H,35,39). The molecule has 2 heterocycles. The van der Waals surface area contributed by atoms with Crippen LogP contribution >= 0.6 is 11.6 Å². The van der Waals surface area contributed by atoms with Crippen molar-refractivity contribution in [3.8, 4) is 11.8 Å². The van der Waals surface area contributed by atoms with Crippen molar-refractivity contribution in [2.75, 3.05) is 29.5 Å². The van der Waals surface area contributed by atoms with Crippen LogP contribution in [0.3, 0.4) is 0 Å². The SMILES string of the molecule is C=C(NC(=O)C1N=CNC1C(=O)Nc1ccc(OC2CCN(C(=O)CC#N)CC2)cc1Cl)Nc1ccccc1N. The van der Waals surface area contributed by atoms with E-state index in [-0.39, 0.29) is 29.3 Å². The molecule has 2 aliphatic heterocycles. The number of carbonyl (C=O) groups is 3. The van der Waals surface area contributed by atoms with E-state index in [1.54, 1.807) is 47.4 Å². The lowest BCUT2D eigenvalue weighted by Gasteiger charge is -2.31. The van der Waals surface area contributed by atoms with E-state index in [1.165, 1.54) is 6.34 Å². The van der Waals surface area contributed by atoms with E-state index in [0.717, 1.165) is 0 Å². The molecule has 12 nitrogen and oxygen atoms in total. The number of para-hydroxylation sites is 2. The summed E-state index contributed by atoms with van der Waals surface area (Å²) in [6.07, 6.45) is 2.33. The summed E-state index contributed by atoms with van der Waals surface area (Å²) in [6, 6.07) is 11.8. The molecular weight excluding hydrogens is 536 g/mol. The molecule has 2 aromatic carbocycles. The lowest BCUT2D eigenvalue weighted by molar-refractivity contribution is -0.131. The molecule has 208 valence electrons. The Morgan fingerprint density at radius 2 is 1.90 bits per heavy atom. The van der Waals surface area contributed by atoms with Crippen molar-refractivity contribution in [3.05, 3.63) is 59.9 Å². The number of anilines is 3. The van der Waals surface area contributed by atoms with Gasteiger partial charge in [-0.05, 0) is 24.3 Å². The summed E-state index contributed by atoms with van der Waals surface area (Å²) in [5, 5.41) is 20.0. The predicted octanol–water partition coefficient (Wildman–Crippen LogP) is 2.21. The maximum absolute atomic E-state index is 13.0. The van der Waals surface area contributed by atoms with Gasteiger partial charge in [-0.3, -0.25) is 19.4 Å². The second kappa shape index (κ2) is 12.9. The minimum absolute atomic E-state index is 0.107. The van der Waals surface area contributed by atoms with Crippen LogP contribution in [-0.4, -0.2) is 60.2 Å². The quantitative estimate of drug-likeness (QED) is 0.288. The normalized spacial score (nSPS) is 18.2. The zero-order valence-electron chi connectivity index (χ0n) is 21.5. The lowest BCUT2D eigenvalue weighted by atomic mass is 10.1. The molecule has 0 radical (unpaired) electrons. The largest absolute Gasteiger partial charge is 0.490 e. The summed E-state index contributed by atoms with van der Waals surface area (Å²) in [7, 11) is 0. The van der Waals surface area contributed by atoms with Crippen molar-refractivity contribution in [2.45, 2.75) is 37.5 Å². The number of rotatable bonds is 9. The van der Waals surface area contributed by atoms with Gasteiger partial charge in [0, 0.05) is 32.0 Å². The van der Waals surface area contributed by atoms with Crippen LogP contribution in [0.1, 0.15) is 19.3 Å². The first kappa shape index (κ1) is 28.3. The van der Waals surface area contributed by atoms with Crippen LogP contribution in [0.5, 0.6) is 5.75 Å². The van der Waals surface area contributed by atoms with E-state index in [2.05, 4.69) is 32.8 Å². The number of aliphatic imine (C=N–C) groups is 1. The van der Waals surface area contributed by atoms with Crippen LogP contribution in [0.4, 0.5) is 17.1 Å². The summed E-state index contributed by atoms with van der Waals surface area (Å²) in [5.74, 6) is -0.515. The number of nitrogens with one attached hydrogen (secondary N) is 4. The molecule has 0 bridgehead atoms. The molecule has 6 N–H and O–H groups in total. The van der Waals surface area contributed by atoms with Gasteiger partial charge in [-0.25, -0.2) is 0 Å². The molecule has 3 amide bonds. The van der Waals surface area contributed by atoms with Gasteiger partial charge in [-0.2, -0.15) is 5.26 Å². The van der Waals surface area contributed by atoms with Gasteiger partial charge in [-0.15, -0.1) is 0 Å². The smallest absolute Gasteiger partial charge is 0.253 e. The molecule has 1 saturated heterocycles. The minimum Gasteiger partial charge on any atom is -0.490 e. The fourth-order valence-electron chi connectivity index (χ4n) is 4.32. The average molecular weight is 565 g/mol. The highest BCUT2D eigenvalue weighted by Gasteiger charge is 2.36. The van der Waals surface area contributed by atoms with E-state index in [4.69, 9.17) is 27.3 Å². The number of hydrogen-bond donors (Lipinski definition) is 5. The Bertz CT molecular complexity index is 1370. The number of nitrogens with zero attached hydrogens (tertiary/aromatic N) is 3. The molecule has 4 rings (SSSR count). The predicted molar refractivity (Wildman–Crippen MR) is 152 cm³/mol. The van der Waals surface area contributed by atoms with Crippen LogP contribution < -0.4 is 31.7 Å². The molecule has 0 spiro atoms. The third-order valence-corrected chi connectivity index (χ3v) is 6.72. The molecule has 13 heteroatoms. The van der Waals surface area contributed by atoms with E-state index in [9.17, 15) is 14.4 Å². The fraction of sp³-hybridized carbons (Fsp3) is 0.296. The number of nitrogens with two attached hydrogens (primary N) is 1. The maximum Gasteiger partial charge on any atom is 0.253 e. The summed E-state index contributed by atoms with van der Waals surface area (Å²) < 4.78 is 6.01. The van der Waals surface area contributed by atoms with Crippen molar-refractivity contribution >= 4 is 52.7 Å². The molecule has 2 aliphatic rings. The molecule has 2 atom stereocenters. The molecule has 0 aromatic heterocycles. The second-order valence-corrected chi connectivity index (χ2v) is 9.62. The van der Waals surface area contributed by atoms with Crippen LogP contribution in [0.2, 0.25) is 5.02 Å². The Morgan fingerprint density at radius 3 is 2.60 bits per heavy atom. The summed E-state index contributed by atoms with van der Waals surface area (Å²) in [6.45, 7) is 4.82. The van der Waals surface area contributed by atoms with Gasteiger partial charge in [0.15, 0.2) is 6.04 Å². The molecule has 0 saturated carbocycles. The van der Waals surface area contributed by atoms with Gasteiger partial charge >= 0.3 is 0 Å². The van der Waals surface area contributed by atoms with Crippen molar-refractivity contribution in [1.29, 1.82) is 5.26 Å². The van der Waals surface area contributed by atoms with Gasteiger partial charge in [0.05, 0.1) is 34.5 Å². The first-order valence-electron chi connectivity index (χ1n) is 12.6. The summed E-state index contributed by atoms with van der Waals surface area (Å²) in [5.41, 5.74) is 7.31. The van der Waals surface area contributed by atoms with E-state index in [1.807, 2.05) is 6.07 Å². The number of likely N-dealkylation sites (tertiary alicyclic amines) is 1. The van der Waals surface area contributed by atoms with E-state index >= 15 is 0 Å². The molecule has 2 unspecified atom stereocenters. The van der Waals surface area contributed by atoms with Crippen molar-refractivity contribution < 1.29 is 19.1 Å². The van der Waals surface area contributed by atoms with Gasteiger partial charge in [0.1, 0.15) is 30.1 Å². The highest BCUT2D eigenvalue weighted by molar-refractivity contribution is 6.34. The zero-order chi connectivity index (χ0) is 28.6. The third-order valence-electron chi connectivity index (χ3n) is 6.40. The number of halogens is 1. The Morgan fingerprint density at radius 1 is 1.15 bits per heavy atom. The first-order chi connectivity index (χ1) is 19.2. The van der Waals surface area contributed by atoms with Gasteiger partial charge in [0.25, 0.3) is 5.91 Å². The second-order valence-electron chi connectivity index (χ2n) is 9.21. The van der Waals surface area contributed by atoms with Crippen LogP contribution in [0.25, 0.3) is 0 Å². The Balaban J connectivity index is 1.29. The monoisotopic (exact) mass is 564 g/mol. The van der Waals surface area contributed by atoms with Crippen molar-refractivity contribution in [3.63, 3.8) is 0 Å². The minimum atomic E-state index is -1.04. The first-order valence-corrected chi connectivity index (χ1v) is 12.9.